The Morgan fingerprint density at radius 2 is 1.89 bits per heavy atom. The van der Waals surface area contributed by atoms with E-state index in [2.05, 4.69) is 5.32 Å². The molecule has 1 aromatic carbocycles. The first-order chi connectivity index (χ1) is 8.82. The molecule has 0 saturated carbocycles. The Morgan fingerprint density at radius 1 is 1.26 bits per heavy atom. The molecule has 19 heavy (non-hydrogen) atoms. The van der Waals surface area contributed by atoms with Gasteiger partial charge in [0.25, 0.3) is 0 Å². The third kappa shape index (κ3) is 4.05. The Balaban J connectivity index is 2.80. The minimum absolute atomic E-state index is 0.221. The SMILES string of the molecule is CC(C)[C@H](NC(=O)[C@H](C)c1cccc(F)c1)C(=O)O. The largest absolute Gasteiger partial charge is 0.480 e. The molecule has 0 aliphatic rings. The Morgan fingerprint density at radius 3 is 2.37 bits per heavy atom. The van der Waals surface area contributed by atoms with Crippen LogP contribution in [0.25, 0.3) is 0 Å². The molecule has 0 aliphatic carbocycles. The van der Waals surface area contributed by atoms with E-state index in [0.717, 1.165) is 0 Å². The summed E-state index contributed by atoms with van der Waals surface area (Å²) in [5.74, 6) is -2.74. The van der Waals surface area contributed by atoms with Crippen molar-refractivity contribution in [3.8, 4) is 0 Å². The summed E-state index contributed by atoms with van der Waals surface area (Å²) in [6.45, 7) is 5.04. The molecule has 0 bridgehead atoms. The van der Waals surface area contributed by atoms with Gasteiger partial charge in [0.15, 0.2) is 0 Å². The predicted octanol–water partition coefficient (Wildman–Crippen LogP) is 2.15. The maximum Gasteiger partial charge on any atom is 0.326 e. The van der Waals surface area contributed by atoms with E-state index in [4.69, 9.17) is 5.11 Å². The van der Waals surface area contributed by atoms with Gasteiger partial charge in [-0.2, -0.15) is 0 Å². The third-order valence-corrected chi connectivity index (χ3v) is 2.97. The highest BCUT2D eigenvalue weighted by atomic mass is 19.1. The number of rotatable bonds is 5. The van der Waals surface area contributed by atoms with Crippen LogP contribution in [0.2, 0.25) is 0 Å². The standard InChI is InChI=1S/C14H18FNO3/c1-8(2)12(14(18)19)16-13(17)9(3)10-5-4-6-11(15)7-10/h4-9,12H,1-3H3,(H,16,17)(H,18,19)/t9-,12+/m1/s1. The van der Waals surface area contributed by atoms with Gasteiger partial charge in [-0.1, -0.05) is 26.0 Å². The molecule has 0 radical (unpaired) electrons. The van der Waals surface area contributed by atoms with Gasteiger partial charge in [-0.15, -0.1) is 0 Å². The molecule has 104 valence electrons. The molecule has 0 aliphatic heterocycles. The average molecular weight is 267 g/mol. The minimum atomic E-state index is -1.07. The van der Waals surface area contributed by atoms with Crippen molar-refractivity contribution in [1.29, 1.82) is 0 Å². The molecule has 1 aromatic rings. The van der Waals surface area contributed by atoms with Gasteiger partial charge in [0.05, 0.1) is 5.92 Å². The van der Waals surface area contributed by atoms with Gasteiger partial charge >= 0.3 is 5.97 Å². The summed E-state index contributed by atoms with van der Waals surface area (Å²) in [4.78, 5) is 23.0. The number of nitrogens with one attached hydrogen (secondary N) is 1. The van der Waals surface area contributed by atoms with Crippen molar-refractivity contribution in [2.75, 3.05) is 0 Å². The lowest BCUT2D eigenvalue weighted by Gasteiger charge is -2.20. The van der Waals surface area contributed by atoms with E-state index < -0.39 is 29.7 Å². The lowest BCUT2D eigenvalue weighted by molar-refractivity contribution is -0.143. The smallest absolute Gasteiger partial charge is 0.326 e. The number of amides is 1. The van der Waals surface area contributed by atoms with E-state index >= 15 is 0 Å². The molecule has 4 nitrogen and oxygen atoms in total. The first-order valence-electron chi connectivity index (χ1n) is 6.11. The number of carboxylic acids is 1. The van der Waals surface area contributed by atoms with Crippen molar-refractivity contribution in [2.45, 2.75) is 32.7 Å². The zero-order valence-electron chi connectivity index (χ0n) is 11.2. The highest BCUT2D eigenvalue weighted by molar-refractivity contribution is 5.87. The Bertz CT molecular complexity index is 474. The molecule has 0 fully saturated rings. The van der Waals surface area contributed by atoms with Crippen molar-refractivity contribution in [2.24, 2.45) is 5.92 Å². The number of halogens is 1. The normalized spacial score (nSPS) is 13.9. The van der Waals surface area contributed by atoms with E-state index in [1.54, 1.807) is 26.8 Å². The molecule has 1 rings (SSSR count). The second-order valence-electron chi connectivity index (χ2n) is 4.85. The summed E-state index contributed by atoms with van der Waals surface area (Å²) in [5, 5.41) is 11.5. The van der Waals surface area contributed by atoms with Crippen LogP contribution in [0.4, 0.5) is 4.39 Å². The van der Waals surface area contributed by atoms with E-state index in [-0.39, 0.29) is 5.92 Å². The van der Waals surface area contributed by atoms with Crippen LogP contribution in [-0.4, -0.2) is 23.0 Å². The van der Waals surface area contributed by atoms with Crippen molar-refractivity contribution >= 4 is 11.9 Å². The Hall–Kier alpha value is -1.91. The summed E-state index contributed by atoms with van der Waals surface area (Å²) in [7, 11) is 0. The summed E-state index contributed by atoms with van der Waals surface area (Å²) in [6.07, 6.45) is 0. The Kier molecular flexibility index (Phi) is 5.03. The average Bonchev–Trinajstić information content (AvgIpc) is 2.33. The molecule has 2 atom stereocenters. The maximum atomic E-state index is 13.1. The summed E-state index contributed by atoms with van der Waals surface area (Å²) >= 11 is 0. The fraction of sp³-hybridized carbons (Fsp3) is 0.429. The van der Waals surface area contributed by atoms with Crippen molar-refractivity contribution in [3.63, 3.8) is 0 Å². The van der Waals surface area contributed by atoms with E-state index in [1.807, 2.05) is 0 Å². The molecule has 1 amide bonds. The highest BCUT2D eigenvalue weighted by Gasteiger charge is 2.26. The molecule has 0 unspecified atom stereocenters. The third-order valence-electron chi connectivity index (χ3n) is 2.97. The van der Waals surface area contributed by atoms with Gasteiger partial charge in [-0.3, -0.25) is 4.79 Å². The van der Waals surface area contributed by atoms with Crippen LogP contribution in [0.1, 0.15) is 32.3 Å². The fourth-order valence-corrected chi connectivity index (χ4v) is 1.72. The van der Waals surface area contributed by atoms with Crippen LogP contribution in [-0.2, 0) is 9.59 Å². The van der Waals surface area contributed by atoms with Crippen LogP contribution < -0.4 is 5.32 Å². The molecular weight excluding hydrogens is 249 g/mol. The minimum Gasteiger partial charge on any atom is -0.480 e. The highest BCUT2D eigenvalue weighted by Crippen LogP contribution is 2.17. The molecule has 5 heteroatoms. The van der Waals surface area contributed by atoms with Crippen LogP contribution in [0.3, 0.4) is 0 Å². The molecule has 0 aromatic heterocycles. The van der Waals surface area contributed by atoms with Crippen molar-refractivity contribution in [3.05, 3.63) is 35.6 Å². The zero-order valence-corrected chi connectivity index (χ0v) is 11.2. The number of hydrogen-bond donors (Lipinski definition) is 2. The predicted molar refractivity (Wildman–Crippen MR) is 69.2 cm³/mol. The lowest BCUT2D eigenvalue weighted by atomic mass is 9.98. The monoisotopic (exact) mass is 267 g/mol. The fourth-order valence-electron chi connectivity index (χ4n) is 1.72. The lowest BCUT2D eigenvalue weighted by Crippen LogP contribution is -2.45. The summed E-state index contributed by atoms with van der Waals surface area (Å²) in [5.41, 5.74) is 0.519. The van der Waals surface area contributed by atoms with Gasteiger partial charge < -0.3 is 10.4 Å². The molecule has 2 N–H and O–H groups in total. The first kappa shape index (κ1) is 15.1. The van der Waals surface area contributed by atoms with Gasteiger partial charge in [0.1, 0.15) is 11.9 Å². The van der Waals surface area contributed by atoms with E-state index in [0.29, 0.717) is 5.56 Å². The zero-order chi connectivity index (χ0) is 14.6. The van der Waals surface area contributed by atoms with Crippen LogP contribution in [0.15, 0.2) is 24.3 Å². The molecular formula is C14H18FNO3. The summed E-state index contributed by atoms with van der Waals surface area (Å²) < 4.78 is 13.1. The second kappa shape index (κ2) is 6.31. The number of carboxylic acid groups (broad SMARTS) is 1. The van der Waals surface area contributed by atoms with Crippen molar-refractivity contribution in [1.82, 2.24) is 5.32 Å². The Labute approximate surface area is 111 Å². The molecule has 0 heterocycles. The summed E-state index contributed by atoms with van der Waals surface area (Å²) in [6, 6.07) is 4.78. The van der Waals surface area contributed by atoms with Crippen LogP contribution in [0.5, 0.6) is 0 Å². The number of benzene rings is 1. The number of hydrogen-bond acceptors (Lipinski definition) is 2. The molecule has 0 saturated heterocycles. The van der Waals surface area contributed by atoms with E-state index in [1.165, 1.54) is 18.2 Å². The van der Waals surface area contributed by atoms with Gasteiger partial charge in [0.2, 0.25) is 5.91 Å². The van der Waals surface area contributed by atoms with Crippen LogP contribution >= 0.6 is 0 Å². The first-order valence-corrected chi connectivity index (χ1v) is 6.11. The number of aliphatic carboxylic acids is 1. The number of carbonyl (C=O) groups is 2. The second-order valence-corrected chi connectivity index (χ2v) is 4.85. The topological polar surface area (TPSA) is 66.4 Å². The van der Waals surface area contributed by atoms with Gasteiger partial charge in [0, 0.05) is 0 Å². The van der Waals surface area contributed by atoms with Gasteiger partial charge in [-0.05, 0) is 30.5 Å². The van der Waals surface area contributed by atoms with E-state index in [9.17, 15) is 14.0 Å². The number of carbonyl (C=O) groups excluding carboxylic acids is 1. The quantitative estimate of drug-likeness (QED) is 0.859. The van der Waals surface area contributed by atoms with Crippen LogP contribution in [0, 0.1) is 11.7 Å². The van der Waals surface area contributed by atoms with Gasteiger partial charge in [-0.25, -0.2) is 9.18 Å². The van der Waals surface area contributed by atoms with Crippen molar-refractivity contribution < 1.29 is 19.1 Å². The molecule has 0 spiro atoms. The maximum absolute atomic E-state index is 13.1.